The van der Waals surface area contributed by atoms with Gasteiger partial charge in [-0.25, -0.2) is 15.0 Å². The molecule has 0 spiro atoms. The fraction of sp³-hybridized carbons (Fsp3) is 0.667. The molecule has 0 aliphatic carbocycles. The van der Waals surface area contributed by atoms with Crippen molar-refractivity contribution >= 4 is 28.8 Å². The molecule has 1 saturated heterocycles. The molecular weight excluding hydrogens is 408 g/mol. The number of nitrogen functional groups attached to an aromatic ring is 1. The van der Waals surface area contributed by atoms with Crippen molar-refractivity contribution in [3.05, 3.63) is 6.33 Å². The molecular formula is C18H30N8O5. The van der Waals surface area contributed by atoms with E-state index in [0.717, 1.165) is 0 Å². The molecule has 172 valence electrons. The fourth-order valence-electron chi connectivity index (χ4n) is 3.40. The van der Waals surface area contributed by atoms with Crippen LogP contribution in [0.4, 0.5) is 11.8 Å². The smallest absolute Gasteiger partial charge is 0.222 e. The number of ether oxygens (including phenoxy) is 2. The molecule has 1 aliphatic heterocycles. The Kier molecular flexibility index (Phi) is 7.43. The lowest BCUT2D eigenvalue weighted by atomic mass is 10.1. The Hall–Kier alpha value is -2.74. The second kappa shape index (κ2) is 10.0. The van der Waals surface area contributed by atoms with Crippen molar-refractivity contribution in [2.75, 3.05) is 51.4 Å². The van der Waals surface area contributed by atoms with Gasteiger partial charge in [0.1, 0.15) is 31.2 Å². The first-order valence-corrected chi connectivity index (χ1v) is 10.0. The third kappa shape index (κ3) is 4.95. The number of nitrogens with one attached hydrogen (secondary N) is 1. The predicted molar refractivity (Wildman–Crippen MR) is 113 cm³/mol. The zero-order chi connectivity index (χ0) is 22.5. The zero-order valence-corrected chi connectivity index (χ0v) is 18.1. The number of oxime groups is 1. The topological polar surface area (TPSA) is 165 Å². The molecule has 4 atom stereocenters. The number of aliphatic hydroxyl groups excluding tert-OH is 2. The van der Waals surface area contributed by atoms with Gasteiger partial charge < -0.3 is 40.5 Å². The molecule has 1 fully saturated rings. The number of hydrogen-bond acceptors (Lipinski definition) is 12. The molecule has 3 heterocycles. The highest BCUT2D eigenvalue weighted by molar-refractivity contribution is 5.84. The number of aromatic nitrogens is 4. The lowest BCUT2D eigenvalue weighted by Crippen LogP contribution is -2.39. The predicted octanol–water partition coefficient (Wildman–Crippen LogP) is -0.612. The average molecular weight is 438 g/mol. The van der Waals surface area contributed by atoms with Crippen LogP contribution in [-0.4, -0.2) is 99.2 Å². The van der Waals surface area contributed by atoms with Crippen LogP contribution in [0.25, 0.3) is 11.2 Å². The minimum Gasteiger partial charge on any atom is -0.479 e. The van der Waals surface area contributed by atoms with Crippen molar-refractivity contribution in [3.8, 4) is 0 Å². The maximum atomic E-state index is 10.7. The van der Waals surface area contributed by atoms with Crippen molar-refractivity contribution in [3.63, 3.8) is 0 Å². The summed E-state index contributed by atoms with van der Waals surface area (Å²) >= 11 is 0. The van der Waals surface area contributed by atoms with Crippen LogP contribution >= 0.6 is 0 Å². The quantitative estimate of drug-likeness (QED) is 0.171. The molecule has 3 rings (SSSR count). The molecule has 13 nitrogen and oxygen atoms in total. The van der Waals surface area contributed by atoms with Crippen LogP contribution in [0.5, 0.6) is 0 Å². The Balaban J connectivity index is 1.66. The van der Waals surface area contributed by atoms with Crippen molar-refractivity contribution < 1.29 is 24.5 Å². The standard InChI is InChI=1S/C18H30N8O5/c1-5-29-10(2)24-30-7-6-25(4)8-11-13(27)14(28)17(31-11)26-16-12(23-18(26)20-3)15(19)21-9-22-16/h9,11,13-14,17,27-28H,5-8H2,1-4H3,(H,20,23)(H2,19,21,22)/t11-,13-,14-,17-/m1/s1. The SMILES string of the molecule is CCOC(C)=NOCCN(C)C[C@H]1O[C@@H](n2c(NC)nc3c(N)ncnc32)[C@H](O)[C@@H]1O. The molecule has 1 aliphatic rings. The van der Waals surface area contributed by atoms with Gasteiger partial charge in [0, 0.05) is 27.1 Å². The Bertz CT molecular complexity index is 906. The van der Waals surface area contributed by atoms with E-state index in [9.17, 15) is 10.2 Å². The summed E-state index contributed by atoms with van der Waals surface area (Å²) in [6.45, 7) is 5.35. The van der Waals surface area contributed by atoms with Crippen molar-refractivity contribution in [1.29, 1.82) is 0 Å². The summed E-state index contributed by atoms with van der Waals surface area (Å²) in [5.41, 5.74) is 6.69. The van der Waals surface area contributed by atoms with Crippen LogP contribution in [0.2, 0.25) is 0 Å². The first kappa shape index (κ1) is 22.9. The van der Waals surface area contributed by atoms with Crippen LogP contribution in [0.1, 0.15) is 20.1 Å². The molecule has 5 N–H and O–H groups in total. The van der Waals surface area contributed by atoms with Crippen LogP contribution < -0.4 is 11.1 Å². The van der Waals surface area contributed by atoms with Crippen molar-refractivity contribution in [2.24, 2.45) is 5.16 Å². The Morgan fingerprint density at radius 2 is 2.16 bits per heavy atom. The molecule has 0 aromatic carbocycles. The minimum atomic E-state index is -1.19. The summed E-state index contributed by atoms with van der Waals surface area (Å²) in [5.74, 6) is 1.07. The highest BCUT2D eigenvalue weighted by Gasteiger charge is 2.45. The van der Waals surface area contributed by atoms with Gasteiger partial charge in [-0.15, -0.1) is 0 Å². The maximum absolute atomic E-state index is 10.7. The van der Waals surface area contributed by atoms with Crippen LogP contribution in [0.3, 0.4) is 0 Å². The maximum Gasteiger partial charge on any atom is 0.222 e. The van der Waals surface area contributed by atoms with Gasteiger partial charge in [0.2, 0.25) is 11.8 Å². The number of likely N-dealkylation sites (N-methyl/N-ethyl adjacent to an activating group) is 1. The van der Waals surface area contributed by atoms with Gasteiger partial charge in [-0.1, -0.05) is 5.16 Å². The normalized spacial score (nSPS) is 24.2. The third-order valence-electron chi connectivity index (χ3n) is 4.92. The molecule has 31 heavy (non-hydrogen) atoms. The first-order chi connectivity index (χ1) is 14.9. The van der Waals surface area contributed by atoms with Gasteiger partial charge in [-0.05, 0) is 14.0 Å². The molecule has 0 unspecified atom stereocenters. The highest BCUT2D eigenvalue weighted by Crippen LogP contribution is 2.35. The van der Waals surface area contributed by atoms with E-state index < -0.39 is 24.5 Å². The van der Waals surface area contributed by atoms with Gasteiger partial charge in [0.05, 0.1) is 6.61 Å². The molecule has 2 aromatic heterocycles. The number of imidazole rings is 1. The number of nitrogens with zero attached hydrogens (tertiary/aromatic N) is 6. The van der Waals surface area contributed by atoms with E-state index in [0.29, 0.717) is 49.3 Å². The summed E-state index contributed by atoms with van der Waals surface area (Å²) in [7, 11) is 3.54. The summed E-state index contributed by atoms with van der Waals surface area (Å²) in [4.78, 5) is 19.7. The third-order valence-corrected chi connectivity index (χ3v) is 4.92. The second-order valence-corrected chi connectivity index (χ2v) is 7.17. The van der Waals surface area contributed by atoms with Crippen molar-refractivity contribution in [2.45, 2.75) is 38.4 Å². The van der Waals surface area contributed by atoms with Crippen LogP contribution in [0, 0.1) is 0 Å². The number of anilines is 2. The molecule has 2 aromatic rings. The largest absolute Gasteiger partial charge is 0.479 e. The Morgan fingerprint density at radius 3 is 2.87 bits per heavy atom. The van der Waals surface area contributed by atoms with E-state index in [4.69, 9.17) is 20.0 Å². The molecule has 0 amide bonds. The molecule has 0 saturated carbocycles. The monoisotopic (exact) mass is 438 g/mol. The summed E-state index contributed by atoms with van der Waals surface area (Å²) in [6, 6.07) is 0. The van der Waals surface area contributed by atoms with Gasteiger partial charge in [0.15, 0.2) is 23.2 Å². The van der Waals surface area contributed by atoms with Gasteiger partial charge >= 0.3 is 0 Å². The summed E-state index contributed by atoms with van der Waals surface area (Å²) in [5, 5.41) is 28.1. The van der Waals surface area contributed by atoms with E-state index in [-0.39, 0.29) is 5.82 Å². The molecule has 0 radical (unpaired) electrons. The number of fused-ring (bicyclic) bond motifs is 1. The van der Waals surface area contributed by atoms with E-state index in [1.807, 2.05) is 18.9 Å². The van der Waals surface area contributed by atoms with E-state index in [2.05, 4.69) is 25.4 Å². The lowest BCUT2D eigenvalue weighted by molar-refractivity contribution is -0.0425. The Morgan fingerprint density at radius 1 is 1.39 bits per heavy atom. The highest BCUT2D eigenvalue weighted by atomic mass is 16.6. The lowest BCUT2D eigenvalue weighted by Gasteiger charge is -2.22. The zero-order valence-electron chi connectivity index (χ0n) is 18.1. The summed E-state index contributed by atoms with van der Waals surface area (Å²) < 4.78 is 12.8. The van der Waals surface area contributed by atoms with Gasteiger partial charge in [-0.2, -0.15) is 0 Å². The van der Waals surface area contributed by atoms with Crippen LogP contribution in [-0.2, 0) is 14.3 Å². The minimum absolute atomic E-state index is 0.215. The molecule has 13 heteroatoms. The van der Waals surface area contributed by atoms with E-state index in [1.54, 1.807) is 18.5 Å². The van der Waals surface area contributed by atoms with Gasteiger partial charge in [-0.3, -0.25) is 4.57 Å². The number of rotatable bonds is 9. The summed E-state index contributed by atoms with van der Waals surface area (Å²) in [6.07, 6.45) is -2.51. The number of aliphatic hydroxyl groups is 2. The van der Waals surface area contributed by atoms with Crippen LogP contribution in [0.15, 0.2) is 11.5 Å². The second-order valence-electron chi connectivity index (χ2n) is 7.17. The van der Waals surface area contributed by atoms with E-state index >= 15 is 0 Å². The first-order valence-electron chi connectivity index (χ1n) is 10.0. The van der Waals surface area contributed by atoms with Crippen molar-refractivity contribution in [1.82, 2.24) is 24.4 Å². The molecule has 0 bridgehead atoms. The fourth-order valence-corrected chi connectivity index (χ4v) is 3.40. The number of hydrogen-bond donors (Lipinski definition) is 4. The van der Waals surface area contributed by atoms with Gasteiger partial charge in [0.25, 0.3) is 0 Å². The average Bonchev–Trinajstić information content (AvgIpc) is 3.25. The number of nitrogens with two attached hydrogens (primary N) is 1. The van der Waals surface area contributed by atoms with E-state index in [1.165, 1.54) is 6.33 Å². The Labute approximate surface area is 179 Å².